The summed E-state index contributed by atoms with van der Waals surface area (Å²) in [4.78, 5) is 12.6. The van der Waals surface area contributed by atoms with Crippen molar-refractivity contribution in [3.63, 3.8) is 0 Å². The van der Waals surface area contributed by atoms with Crippen LogP contribution in [0, 0.1) is 11.3 Å². The second kappa shape index (κ2) is 4.70. The van der Waals surface area contributed by atoms with Crippen molar-refractivity contribution in [3.05, 3.63) is 0 Å². The Labute approximate surface area is 120 Å². The van der Waals surface area contributed by atoms with Crippen LogP contribution in [0.1, 0.15) is 27.2 Å². The van der Waals surface area contributed by atoms with Crippen molar-refractivity contribution in [2.45, 2.75) is 72.1 Å². The van der Waals surface area contributed by atoms with Crippen molar-refractivity contribution in [2.75, 3.05) is 0 Å². The molecule has 1 rings (SSSR count). The second-order valence-electron chi connectivity index (χ2n) is 8.73. The van der Waals surface area contributed by atoms with Gasteiger partial charge in [-0.1, -0.05) is 20.8 Å². The molecule has 2 unspecified atom stereocenters. The minimum absolute atomic E-state index is 0.0815. The van der Waals surface area contributed by atoms with Gasteiger partial charge in [-0.15, -0.1) is 0 Å². The van der Waals surface area contributed by atoms with Crippen molar-refractivity contribution in [3.8, 4) is 0 Å². The molecule has 3 nitrogen and oxygen atoms in total. The Morgan fingerprint density at radius 1 is 1.05 bits per heavy atom. The first-order valence-corrected chi connectivity index (χ1v) is 13.9. The molecule has 0 bridgehead atoms. The maximum atomic E-state index is 12.6. The van der Waals surface area contributed by atoms with Gasteiger partial charge in [0.2, 0.25) is 8.32 Å². The standard InChI is InChI=1S/C14H30O3Si2/c1-13(2,3)11-10-14(11,17-19(7,8)9)12(15)16-18(4,5)6/h11H,10H2,1-9H3. The zero-order valence-electron chi connectivity index (χ0n) is 14.0. The molecule has 0 aromatic heterocycles. The van der Waals surface area contributed by atoms with Crippen molar-refractivity contribution < 1.29 is 13.6 Å². The van der Waals surface area contributed by atoms with Gasteiger partial charge in [0.1, 0.15) is 0 Å². The van der Waals surface area contributed by atoms with Gasteiger partial charge in [-0.05, 0) is 51.1 Å². The molecule has 5 heteroatoms. The smallest absolute Gasteiger partial charge is 0.324 e. The highest BCUT2D eigenvalue weighted by molar-refractivity contribution is 6.71. The van der Waals surface area contributed by atoms with Gasteiger partial charge in [-0.25, -0.2) is 0 Å². The summed E-state index contributed by atoms with van der Waals surface area (Å²) < 4.78 is 12.0. The van der Waals surface area contributed by atoms with Gasteiger partial charge in [0.15, 0.2) is 13.9 Å². The highest BCUT2D eigenvalue weighted by Crippen LogP contribution is 2.58. The summed E-state index contributed by atoms with van der Waals surface area (Å²) in [5.41, 5.74) is -0.582. The van der Waals surface area contributed by atoms with E-state index in [9.17, 15) is 4.79 Å². The molecule has 0 aliphatic heterocycles. The van der Waals surface area contributed by atoms with Gasteiger partial charge in [0, 0.05) is 5.92 Å². The fourth-order valence-electron chi connectivity index (χ4n) is 2.54. The molecule has 0 spiro atoms. The van der Waals surface area contributed by atoms with Gasteiger partial charge in [-0.3, -0.25) is 4.79 Å². The summed E-state index contributed by atoms with van der Waals surface area (Å²) in [6.07, 6.45) is 0.810. The first kappa shape index (κ1) is 16.9. The molecule has 1 aliphatic carbocycles. The average Bonchev–Trinajstić information content (AvgIpc) is 2.72. The molecule has 19 heavy (non-hydrogen) atoms. The Morgan fingerprint density at radius 2 is 1.53 bits per heavy atom. The van der Waals surface area contributed by atoms with E-state index < -0.39 is 22.2 Å². The van der Waals surface area contributed by atoms with Crippen LogP contribution in [0.2, 0.25) is 39.3 Å². The highest BCUT2D eigenvalue weighted by Gasteiger charge is 2.67. The van der Waals surface area contributed by atoms with E-state index in [-0.39, 0.29) is 17.3 Å². The molecule has 0 saturated heterocycles. The van der Waals surface area contributed by atoms with Gasteiger partial charge < -0.3 is 8.85 Å². The van der Waals surface area contributed by atoms with Crippen molar-refractivity contribution in [2.24, 2.45) is 11.3 Å². The predicted molar refractivity (Wildman–Crippen MR) is 84.2 cm³/mol. The Kier molecular flexibility index (Phi) is 4.19. The lowest BCUT2D eigenvalue weighted by Crippen LogP contribution is -2.45. The van der Waals surface area contributed by atoms with Crippen LogP contribution in [0.15, 0.2) is 0 Å². The van der Waals surface area contributed by atoms with E-state index in [0.717, 1.165) is 6.42 Å². The van der Waals surface area contributed by atoms with Crippen molar-refractivity contribution >= 4 is 22.6 Å². The summed E-state index contributed by atoms with van der Waals surface area (Å²) in [6.45, 7) is 19.1. The van der Waals surface area contributed by atoms with E-state index in [0.29, 0.717) is 0 Å². The Bertz CT molecular complexity index is 360. The molecular weight excluding hydrogens is 272 g/mol. The van der Waals surface area contributed by atoms with E-state index in [1.54, 1.807) is 0 Å². The molecule has 0 radical (unpaired) electrons. The third-order valence-electron chi connectivity index (χ3n) is 3.19. The minimum atomic E-state index is -1.87. The van der Waals surface area contributed by atoms with E-state index in [2.05, 4.69) is 40.4 Å². The lowest BCUT2D eigenvalue weighted by atomic mass is 9.88. The summed E-state index contributed by atoms with van der Waals surface area (Å²) in [5.74, 6) is 0.157. The van der Waals surface area contributed by atoms with E-state index in [1.165, 1.54) is 0 Å². The topological polar surface area (TPSA) is 35.5 Å². The van der Waals surface area contributed by atoms with Crippen LogP contribution < -0.4 is 0 Å². The Balaban J connectivity index is 2.95. The highest BCUT2D eigenvalue weighted by atomic mass is 28.4. The third kappa shape index (κ3) is 4.43. The Hall–Kier alpha value is -0.136. The summed E-state index contributed by atoms with van der Waals surface area (Å²) in [5, 5.41) is 0. The fraction of sp³-hybridized carbons (Fsp3) is 0.929. The molecule has 2 atom stereocenters. The van der Waals surface area contributed by atoms with Crippen molar-refractivity contribution in [1.82, 2.24) is 0 Å². The molecule has 112 valence electrons. The SMILES string of the molecule is CC(C)(C)C1CC1(O[Si](C)(C)C)C(=O)O[Si](C)(C)C. The number of carbonyl (C=O) groups excluding carboxylic acids is 1. The molecule has 1 aliphatic rings. The van der Waals surface area contributed by atoms with Gasteiger partial charge >= 0.3 is 5.97 Å². The zero-order chi connectivity index (χ0) is 15.3. The van der Waals surface area contributed by atoms with Crippen LogP contribution in [0.3, 0.4) is 0 Å². The van der Waals surface area contributed by atoms with Crippen LogP contribution in [0.25, 0.3) is 0 Å². The minimum Gasteiger partial charge on any atom is -0.518 e. The van der Waals surface area contributed by atoms with Gasteiger partial charge in [0.05, 0.1) is 0 Å². The molecular formula is C14H30O3Si2. The van der Waals surface area contributed by atoms with Crippen LogP contribution in [-0.2, 0) is 13.6 Å². The maximum absolute atomic E-state index is 12.6. The molecule has 0 aromatic carbocycles. The van der Waals surface area contributed by atoms with Crippen LogP contribution in [0.4, 0.5) is 0 Å². The second-order valence-corrected chi connectivity index (χ2v) is 17.6. The van der Waals surface area contributed by atoms with Gasteiger partial charge in [0.25, 0.3) is 0 Å². The Morgan fingerprint density at radius 3 is 1.79 bits per heavy atom. The van der Waals surface area contributed by atoms with Crippen LogP contribution >= 0.6 is 0 Å². The van der Waals surface area contributed by atoms with E-state index in [1.807, 2.05) is 19.6 Å². The zero-order valence-corrected chi connectivity index (χ0v) is 16.0. The van der Waals surface area contributed by atoms with E-state index in [4.69, 9.17) is 8.85 Å². The summed E-state index contributed by atoms with van der Waals surface area (Å²) >= 11 is 0. The lowest BCUT2D eigenvalue weighted by molar-refractivity contribution is -0.147. The lowest BCUT2D eigenvalue weighted by Gasteiger charge is -2.31. The number of rotatable bonds is 4. The van der Waals surface area contributed by atoms with Crippen LogP contribution in [0.5, 0.6) is 0 Å². The number of hydrogen-bond acceptors (Lipinski definition) is 3. The fourth-order valence-corrected chi connectivity index (χ4v) is 4.67. The quantitative estimate of drug-likeness (QED) is 0.736. The molecule has 1 saturated carbocycles. The van der Waals surface area contributed by atoms with Crippen LogP contribution in [-0.4, -0.2) is 28.2 Å². The average molecular weight is 303 g/mol. The van der Waals surface area contributed by atoms with Gasteiger partial charge in [-0.2, -0.15) is 0 Å². The summed E-state index contributed by atoms with van der Waals surface area (Å²) in [7, 11) is -3.64. The first-order valence-electron chi connectivity index (χ1n) is 7.11. The third-order valence-corrected chi connectivity index (χ3v) is 4.96. The molecule has 0 heterocycles. The maximum Gasteiger partial charge on any atom is 0.324 e. The summed E-state index contributed by atoms with van der Waals surface area (Å²) in [6, 6.07) is 0. The molecule has 0 N–H and O–H groups in total. The first-order chi connectivity index (χ1) is 8.17. The molecule has 0 aromatic rings. The predicted octanol–water partition coefficient (Wildman–Crippen LogP) is 4.02. The van der Waals surface area contributed by atoms with Crippen molar-refractivity contribution in [1.29, 1.82) is 0 Å². The molecule has 0 amide bonds. The number of hydrogen-bond donors (Lipinski definition) is 0. The van der Waals surface area contributed by atoms with E-state index >= 15 is 0 Å². The molecule has 1 fully saturated rings. The number of carbonyl (C=O) groups is 1. The monoisotopic (exact) mass is 302 g/mol. The normalized spacial score (nSPS) is 28.2. The largest absolute Gasteiger partial charge is 0.518 e.